The molecular formula is C17H21N5O3. The minimum Gasteiger partial charge on any atom is -0.336 e. The van der Waals surface area contributed by atoms with Crippen molar-refractivity contribution in [2.24, 2.45) is 0 Å². The van der Waals surface area contributed by atoms with Crippen molar-refractivity contribution in [1.29, 1.82) is 0 Å². The molecule has 8 nitrogen and oxygen atoms in total. The van der Waals surface area contributed by atoms with E-state index in [4.69, 9.17) is 0 Å². The van der Waals surface area contributed by atoms with Crippen LogP contribution >= 0.6 is 0 Å². The zero-order valence-corrected chi connectivity index (χ0v) is 14.3. The second kappa shape index (κ2) is 7.00. The molecule has 2 aromatic rings. The Kier molecular flexibility index (Phi) is 4.78. The number of nitro groups is 1. The number of piperidine rings is 1. The average Bonchev–Trinajstić information content (AvgIpc) is 3.03. The van der Waals surface area contributed by atoms with E-state index in [0.717, 1.165) is 19.3 Å². The van der Waals surface area contributed by atoms with Crippen molar-refractivity contribution in [2.75, 3.05) is 0 Å². The number of benzene rings is 1. The zero-order valence-electron chi connectivity index (χ0n) is 14.3. The number of rotatable bonds is 4. The average molecular weight is 343 g/mol. The van der Waals surface area contributed by atoms with Crippen molar-refractivity contribution in [3.63, 3.8) is 0 Å². The third kappa shape index (κ3) is 3.67. The lowest BCUT2D eigenvalue weighted by Crippen LogP contribution is -2.48. The van der Waals surface area contributed by atoms with Crippen LogP contribution in [0.25, 0.3) is 11.4 Å². The molecule has 0 radical (unpaired) electrons. The minimum atomic E-state index is -0.455. The predicted molar refractivity (Wildman–Crippen MR) is 91.7 cm³/mol. The van der Waals surface area contributed by atoms with Crippen molar-refractivity contribution >= 4 is 11.6 Å². The number of nitrogens with zero attached hydrogens (tertiary/aromatic N) is 5. The summed E-state index contributed by atoms with van der Waals surface area (Å²) in [6, 6.07) is 6.62. The minimum absolute atomic E-state index is 0.0131. The van der Waals surface area contributed by atoms with Crippen molar-refractivity contribution in [1.82, 2.24) is 19.7 Å². The fourth-order valence-corrected chi connectivity index (χ4v) is 3.39. The summed E-state index contributed by atoms with van der Waals surface area (Å²) < 4.78 is 1.49. The first-order chi connectivity index (χ1) is 12.0. The van der Waals surface area contributed by atoms with Gasteiger partial charge in [0.05, 0.1) is 4.92 Å². The van der Waals surface area contributed by atoms with Crippen LogP contribution in [0, 0.1) is 10.1 Å². The van der Waals surface area contributed by atoms with Gasteiger partial charge in [-0.15, -0.1) is 0 Å². The molecule has 3 rings (SSSR count). The summed E-state index contributed by atoms with van der Waals surface area (Å²) in [6.07, 6.45) is 4.68. The number of carbonyl (C=O) groups excluding carboxylic acids is 1. The zero-order chi connectivity index (χ0) is 18.0. The lowest BCUT2D eigenvalue weighted by atomic mass is 9.97. The summed E-state index contributed by atoms with van der Waals surface area (Å²) in [4.78, 5) is 29.2. The molecule has 1 aromatic heterocycles. The largest absolute Gasteiger partial charge is 0.336 e. The number of non-ortho nitro benzene ring substituents is 1. The molecule has 132 valence electrons. The van der Waals surface area contributed by atoms with E-state index in [1.165, 1.54) is 23.1 Å². The number of likely N-dealkylation sites (tertiary alicyclic amines) is 1. The molecule has 2 heterocycles. The molecule has 0 saturated carbocycles. The van der Waals surface area contributed by atoms with Gasteiger partial charge in [-0.2, -0.15) is 5.10 Å². The van der Waals surface area contributed by atoms with Gasteiger partial charge in [0.25, 0.3) is 5.69 Å². The molecule has 0 bridgehead atoms. The molecule has 1 aliphatic heterocycles. The van der Waals surface area contributed by atoms with Gasteiger partial charge in [0.1, 0.15) is 12.9 Å². The number of hydrogen-bond donors (Lipinski definition) is 0. The standard InChI is InChI=1S/C17H21N5O3/c1-12-5-3-6-13(2)21(12)16(23)10-20-11-18-17(19-20)14-7-4-8-15(9-14)22(24)25/h4,7-9,11-13H,3,5-6,10H2,1-2H3/t12-,13+. The summed E-state index contributed by atoms with van der Waals surface area (Å²) in [7, 11) is 0. The highest BCUT2D eigenvalue weighted by Gasteiger charge is 2.29. The Bertz CT molecular complexity index is 778. The maximum absolute atomic E-state index is 12.6. The van der Waals surface area contributed by atoms with Crippen molar-refractivity contribution in [3.05, 3.63) is 40.7 Å². The number of aromatic nitrogens is 3. The van der Waals surface area contributed by atoms with E-state index in [1.54, 1.807) is 12.1 Å². The fraction of sp³-hybridized carbons (Fsp3) is 0.471. The van der Waals surface area contributed by atoms with Crippen LogP contribution in [0.4, 0.5) is 5.69 Å². The highest BCUT2D eigenvalue weighted by Crippen LogP contribution is 2.23. The molecule has 1 saturated heterocycles. The normalized spacial score (nSPS) is 20.5. The van der Waals surface area contributed by atoms with Crippen molar-refractivity contribution in [2.45, 2.75) is 51.7 Å². The van der Waals surface area contributed by atoms with Gasteiger partial charge in [-0.1, -0.05) is 12.1 Å². The van der Waals surface area contributed by atoms with Gasteiger partial charge in [-0.3, -0.25) is 14.9 Å². The van der Waals surface area contributed by atoms with E-state index < -0.39 is 4.92 Å². The Morgan fingerprint density at radius 1 is 1.32 bits per heavy atom. The van der Waals surface area contributed by atoms with Crippen LogP contribution in [-0.4, -0.2) is 42.6 Å². The van der Waals surface area contributed by atoms with Gasteiger partial charge < -0.3 is 4.90 Å². The summed E-state index contributed by atoms with van der Waals surface area (Å²) in [5, 5.41) is 15.2. The number of hydrogen-bond acceptors (Lipinski definition) is 5. The molecule has 8 heteroatoms. The first kappa shape index (κ1) is 17.1. The predicted octanol–water partition coefficient (Wildman–Crippen LogP) is 2.64. The number of nitro benzene ring substituents is 1. The Morgan fingerprint density at radius 2 is 2.04 bits per heavy atom. The maximum Gasteiger partial charge on any atom is 0.270 e. The molecule has 1 aliphatic rings. The molecule has 1 fully saturated rings. The highest BCUT2D eigenvalue weighted by atomic mass is 16.6. The van der Waals surface area contributed by atoms with Crippen LogP contribution in [0.5, 0.6) is 0 Å². The third-order valence-corrected chi connectivity index (χ3v) is 4.63. The number of carbonyl (C=O) groups is 1. The summed E-state index contributed by atoms with van der Waals surface area (Å²) in [5.41, 5.74) is 0.543. The SMILES string of the molecule is C[C@@H]1CCC[C@H](C)N1C(=O)Cn1cnc(-c2cccc([N+](=O)[O-])c2)n1. The second-order valence-electron chi connectivity index (χ2n) is 6.50. The first-order valence-corrected chi connectivity index (χ1v) is 8.41. The molecular weight excluding hydrogens is 322 g/mol. The van der Waals surface area contributed by atoms with Crippen LogP contribution in [0.15, 0.2) is 30.6 Å². The van der Waals surface area contributed by atoms with Gasteiger partial charge in [-0.05, 0) is 33.1 Å². The van der Waals surface area contributed by atoms with Crippen LogP contribution < -0.4 is 0 Å². The van der Waals surface area contributed by atoms with Gasteiger partial charge in [0.15, 0.2) is 5.82 Å². The van der Waals surface area contributed by atoms with E-state index in [-0.39, 0.29) is 30.2 Å². The highest BCUT2D eigenvalue weighted by molar-refractivity contribution is 5.76. The Balaban J connectivity index is 1.74. The maximum atomic E-state index is 12.6. The van der Waals surface area contributed by atoms with Crippen LogP contribution in [0.1, 0.15) is 33.1 Å². The van der Waals surface area contributed by atoms with E-state index >= 15 is 0 Å². The monoisotopic (exact) mass is 343 g/mol. The van der Waals surface area contributed by atoms with Gasteiger partial charge in [0.2, 0.25) is 5.91 Å². The Hall–Kier alpha value is -2.77. The molecule has 0 unspecified atom stereocenters. The molecule has 25 heavy (non-hydrogen) atoms. The van der Waals surface area contributed by atoms with E-state index in [2.05, 4.69) is 23.9 Å². The summed E-state index contributed by atoms with van der Waals surface area (Å²) in [5.74, 6) is 0.395. The molecule has 1 aromatic carbocycles. The third-order valence-electron chi connectivity index (χ3n) is 4.63. The van der Waals surface area contributed by atoms with Crippen LogP contribution in [0.2, 0.25) is 0 Å². The van der Waals surface area contributed by atoms with Gasteiger partial charge >= 0.3 is 0 Å². The molecule has 0 aliphatic carbocycles. The van der Waals surface area contributed by atoms with Crippen molar-refractivity contribution in [3.8, 4) is 11.4 Å². The number of amides is 1. The lowest BCUT2D eigenvalue weighted by Gasteiger charge is -2.39. The molecule has 0 N–H and O–H groups in total. The summed E-state index contributed by atoms with van der Waals surface area (Å²) >= 11 is 0. The molecule has 2 atom stereocenters. The van der Waals surface area contributed by atoms with Crippen LogP contribution in [-0.2, 0) is 11.3 Å². The van der Waals surface area contributed by atoms with Crippen molar-refractivity contribution < 1.29 is 9.72 Å². The van der Waals surface area contributed by atoms with Gasteiger partial charge in [0, 0.05) is 29.8 Å². The Morgan fingerprint density at radius 3 is 2.72 bits per heavy atom. The molecule has 0 spiro atoms. The van der Waals surface area contributed by atoms with E-state index in [1.807, 2.05) is 4.90 Å². The second-order valence-corrected chi connectivity index (χ2v) is 6.50. The van der Waals surface area contributed by atoms with Gasteiger partial charge in [-0.25, -0.2) is 9.67 Å². The lowest BCUT2D eigenvalue weighted by molar-refractivity contribution is -0.384. The van der Waals surface area contributed by atoms with E-state index in [9.17, 15) is 14.9 Å². The quantitative estimate of drug-likeness (QED) is 0.628. The summed E-state index contributed by atoms with van der Waals surface area (Å²) in [6.45, 7) is 4.27. The first-order valence-electron chi connectivity index (χ1n) is 8.41. The van der Waals surface area contributed by atoms with Crippen LogP contribution in [0.3, 0.4) is 0 Å². The van der Waals surface area contributed by atoms with E-state index in [0.29, 0.717) is 11.4 Å². The topological polar surface area (TPSA) is 94.2 Å². The Labute approximate surface area is 145 Å². The smallest absolute Gasteiger partial charge is 0.270 e. The fourth-order valence-electron chi connectivity index (χ4n) is 3.39. The molecule has 1 amide bonds.